The second-order valence-electron chi connectivity index (χ2n) is 3.28. The maximum atomic E-state index is 10.6. The molecule has 1 aromatic carbocycles. The predicted octanol–water partition coefficient (Wildman–Crippen LogP) is 2.15. The van der Waals surface area contributed by atoms with Crippen molar-refractivity contribution in [2.75, 3.05) is 6.54 Å². The molecule has 0 heterocycles. The quantitative estimate of drug-likeness (QED) is 0.775. The van der Waals surface area contributed by atoms with E-state index in [1.165, 1.54) is 0 Å². The molecule has 15 heavy (non-hydrogen) atoms. The van der Waals surface area contributed by atoms with E-state index in [1.807, 2.05) is 30.3 Å². The third-order valence-corrected chi connectivity index (χ3v) is 2.11. The second kappa shape index (κ2) is 5.86. The SMILES string of the molecule is CC/C(=C\c1ccccc1)CNC(N)=O. The Kier molecular flexibility index (Phi) is 4.41. The van der Waals surface area contributed by atoms with Gasteiger partial charge in [0.2, 0.25) is 0 Å². The third-order valence-electron chi connectivity index (χ3n) is 2.11. The Morgan fingerprint density at radius 2 is 2.07 bits per heavy atom. The van der Waals surface area contributed by atoms with E-state index in [0.29, 0.717) is 6.54 Å². The highest BCUT2D eigenvalue weighted by Gasteiger charge is 1.96. The maximum absolute atomic E-state index is 10.6. The van der Waals surface area contributed by atoms with Crippen molar-refractivity contribution in [1.29, 1.82) is 0 Å². The number of carbonyl (C=O) groups is 1. The predicted molar refractivity (Wildman–Crippen MR) is 62.3 cm³/mol. The number of amides is 2. The molecular weight excluding hydrogens is 188 g/mol. The summed E-state index contributed by atoms with van der Waals surface area (Å²) in [6.45, 7) is 2.57. The van der Waals surface area contributed by atoms with Gasteiger partial charge >= 0.3 is 6.03 Å². The van der Waals surface area contributed by atoms with Gasteiger partial charge in [0.05, 0.1) is 0 Å². The Morgan fingerprint density at radius 3 is 2.60 bits per heavy atom. The van der Waals surface area contributed by atoms with Crippen LogP contribution >= 0.6 is 0 Å². The van der Waals surface area contributed by atoms with Gasteiger partial charge in [-0.15, -0.1) is 0 Å². The molecule has 0 aliphatic carbocycles. The number of hydrogen-bond acceptors (Lipinski definition) is 1. The van der Waals surface area contributed by atoms with Crippen LogP contribution in [0, 0.1) is 0 Å². The van der Waals surface area contributed by atoms with Gasteiger partial charge < -0.3 is 11.1 Å². The first kappa shape index (κ1) is 11.3. The Morgan fingerprint density at radius 1 is 1.40 bits per heavy atom. The van der Waals surface area contributed by atoms with Gasteiger partial charge in [-0.1, -0.05) is 48.9 Å². The van der Waals surface area contributed by atoms with E-state index < -0.39 is 6.03 Å². The molecule has 0 fully saturated rings. The van der Waals surface area contributed by atoms with Crippen molar-refractivity contribution in [1.82, 2.24) is 5.32 Å². The van der Waals surface area contributed by atoms with Crippen LogP contribution in [0.3, 0.4) is 0 Å². The standard InChI is InChI=1S/C12H16N2O/c1-2-10(9-14-12(13)15)8-11-6-4-3-5-7-11/h3-8H,2,9H2,1H3,(H3,13,14,15)/b10-8+. The van der Waals surface area contributed by atoms with Gasteiger partial charge in [-0.25, -0.2) is 4.79 Å². The summed E-state index contributed by atoms with van der Waals surface area (Å²) < 4.78 is 0. The number of hydrogen-bond donors (Lipinski definition) is 2. The van der Waals surface area contributed by atoms with Gasteiger partial charge in [0.1, 0.15) is 0 Å². The van der Waals surface area contributed by atoms with Crippen molar-refractivity contribution < 1.29 is 4.79 Å². The average Bonchev–Trinajstić information content (AvgIpc) is 2.25. The summed E-state index contributed by atoms with van der Waals surface area (Å²) in [5.74, 6) is 0. The topological polar surface area (TPSA) is 55.1 Å². The van der Waals surface area contributed by atoms with Gasteiger partial charge in [0, 0.05) is 6.54 Å². The Hall–Kier alpha value is -1.77. The monoisotopic (exact) mass is 204 g/mol. The number of nitrogens with one attached hydrogen (secondary N) is 1. The molecule has 0 spiro atoms. The summed E-state index contributed by atoms with van der Waals surface area (Å²) in [6, 6.07) is 9.52. The van der Waals surface area contributed by atoms with E-state index in [2.05, 4.69) is 18.3 Å². The largest absolute Gasteiger partial charge is 0.352 e. The average molecular weight is 204 g/mol. The van der Waals surface area contributed by atoms with Crippen LogP contribution in [0.25, 0.3) is 6.08 Å². The zero-order valence-corrected chi connectivity index (χ0v) is 8.86. The molecule has 0 radical (unpaired) electrons. The Bertz CT molecular complexity index is 344. The molecule has 80 valence electrons. The van der Waals surface area contributed by atoms with Crippen molar-refractivity contribution in [3.05, 3.63) is 41.5 Å². The van der Waals surface area contributed by atoms with Crippen LogP contribution in [-0.2, 0) is 0 Å². The van der Waals surface area contributed by atoms with E-state index in [-0.39, 0.29) is 0 Å². The molecule has 0 atom stereocenters. The van der Waals surface area contributed by atoms with Crippen LogP contribution in [0.1, 0.15) is 18.9 Å². The van der Waals surface area contributed by atoms with Gasteiger partial charge in [0.15, 0.2) is 0 Å². The minimum Gasteiger partial charge on any atom is -0.352 e. The summed E-state index contributed by atoms with van der Waals surface area (Å²) in [7, 11) is 0. The fourth-order valence-electron chi connectivity index (χ4n) is 1.26. The van der Waals surface area contributed by atoms with Gasteiger partial charge in [-0.3, -0.25) is 0 Å². The lowest BCUT2D eigenvalue weighted by Crippen LogP contribution is -2.30. The molecule has 3 N–H and O–H groups in total. The van der Waals surface area contributed by atoms with Crippen LogP contribution in [-0.4, -0.2) is 12.6 Å². The first-order valence-electron chi connectivity index (χ1n) is 5.00. The number of primary amides is 1. The maximum Gasteiger partial charge on any atom is 0.312 e. The number of rotatable bonds is 4. The molecule has 0 bridgehead atoms. The van der Waals surface area contributed by atoms with Crippen LogP contribution < -0.4 is 11.1 Å². The summed E-state index contributed by atoms with van der Waals surface area (Å²) in [4.78, 5) is 10.6. The van der Waals surface area contributed by atoms with Crippen molar-refractivity contribution in [2.45, 2.75) is 13.3 Å². The highest BCUT2D eigenvalue weighted by molar-refractivity contribution is 5.72. The van der Waals surface area contributed by atoms with Crippen molar-refractivity contribution in [2.24, 2.45) is 5.73 Å². The Balaban J connectivity index is 2.65. The highest BCUT2D eigenvalue weighted by Crippen LogP contribution is 2.08. The summed E-state index contributed by atoms with van der Waals surface area (Å²) >= 11 is 0. The molecule has 1 aromatic rings. The first-order chi connectivity index (χ1) is 7.22. The molecule has 0 aliphatic heterocycles. The van der Waals surface area contributed by atoms with Gasteiger partial charge in [-0.05, 0) is 12.0 Å². The molecule has 0 saturated heterocycles. The van der Waals surface area contributed by atoms with Crippen molar-refractivity contribution in [3.8, 4) is 0 Å². The molecule has 0 saturated carbocycles. The third kappa shape index (κ3) is 4.31. The van der Waals surface area contributed by atoms with Crippen molar-refractivity contribution >= 4 is 12.1 Å². The summed E-state index contributed by atoms with van der Waals surface area (Å²) in [6.07, 6.45) is 2.96. The lowest BCUT2D eigenvalue weighted by atomic mass is 10.1. The summed E-state index contributed by atoms with van der Waals surface area (Å²) in [5, 5.41) is 2.59. The van der Waals surface area contributed by atoms with Crippen molar-refractivity contribution in [3.63, 3.8) is 0 Å². The number of benzene rings is 1. The first-order valence-corrected chi connectivity index (χ1v) is 5.00. The zero-order chi connectivity index (χ0) is 11.1. The smallest absolute Gasteiger partial charge is 0.312 e. The van der Waals surface area contributed by atoms with Crippen LogP contribution in [0.5, 0.6) is 0 Å². The van der Waals surface area contributed by atoms with Crippen LogP contribution in [0.2, 0.25) is 0 Å². The van der Waals surface area contributed by atoms with Crippen LogP contribution in [0.4, 0.5) is 4.79 Å². The van der Waals surface area contributed by atoms with E-state index in [9.17, 15) is 4.79 Å². The Labute approximate surface area is 90.0 Å². The molecule has 3 nitrogen and oxygen atoms in total. The molecule has 0 aliphatic rings. The molecule has 1 rings (SSSR count). The molecule has 0 unspecified atom stereocenters. The minimum absolute atomic E-state index is 0.484. The molecule has 2 amide bonds. The summed E-state index contributed by atoms with van der Waals surface area (Å²) in [5.41, 5.74) is 7.30. The van der Waals surface area contributed by atoms with Gasteiger partial charge in [0.25, 0.3) is 0 Å². The highest BCUT2D eigenvalue weighted by atomic mass is 16.2. The zero-order valence-electron chi connectivity index (χ0n) is 8.86. The second-order valence-corrected chi connectivity index (χ2v) is 3.28. The van der Waals surface area contributed by atoms with E-state index in [1.54, 1.807) is 0 Å². The lowest BCUT2D eigenvalue weighted by Gasteiger charge is -2.05. The van der Waals surface area contributed by atoms with E-state index >= 15 is 0 Å². The number of urea groups is 1. The number of nitrogens with two attached hydrogens (primary N) is 1. The fourth-order valence-corrected chi connectivity index (χ4v) is 1.26. The lowest BCUT2D eigenvalue weighted by molar-refractivity contribution is 0.249. The van der Waals surface area contributed by atoms with E-state index in [0.717, 1.165) is 17.6 Å². The van der Waals surface area contributed by atoms with Gasteiger partial charge in [-0.2, -0.15) is 0 Å². The molecule has 0 aromatic heterocycles. The fraction of sp³-hybridized carbons (Fsp3) is 0.250. The minimum atomic E-state index is -0.484. The number of carbonyl (C=O) groups excluding carboxylic acids is 1. The molecule has 3 heteroatoms. The van der Waals surface area contributed by atoms with Crippen LogP contribution in [0.15, 0.2) is 35.9 Å². The normalized spacial score (nSPS) is 11.1. The van der Waals surface area contributed by atoms with E-state index in [4.69, 9.17) is 5.73 Å². The molecular formula is C12H16N2O.